The summed E-state index contributed by atoms with van der Waals surface area (Å²) < 4.78 is 0. The number of carboxylic acid groups (broad SMARTS) is 1. The first kappa shape index (κ1) is 12.8. The Morgan fingerprint density at radius 3 is 2.53 bits per heavy atom. The molecule has 88 valence electrons. The quantitative estimate of drug-likeness (QED) is 0.673. The fourth-order valence-corrected chi connectivity index (χ4v) is 2.44. The van der Waals surface area contributed by atoms with Gasteiger partial charge in [0, 0.05) is 44.2 Å². The van der Waals surface area contributed by atoms with Crippen molar-refractivity contribution in [3.05, 3.63) is 0 Å². The Morgan fingerprint density at radius 1 is 1.27 bits per heavy atom. The summed E-state index contributed by atoms with van der Waals surface area (Å²) >= 11 is 1.74. The fraction of sp³-hybridized carbons (Fsp3) is 0.900. The summed E-state index contributed by atoms with van der Waals surface area (Å²) in [6.45, 7) is 5.70. The Labute approximate surface area is 95.6 Å². The number of nitrogens with zero attached hydrogens (tertiary/aromatic N) is 2. The van der Waals surface area contributed by atoms with Crippen molar-refractivity contribution in [3.8, 4) is 0 Å². The van der Waals surface area contributed by atoms with Crippen molar-refractivity contribution in [1.29, 1.82) is 0 Å². The number of aliphatic carboxylic acids is 1. The number of carboxylic acids is 1. The third-order valence-corrected chi connectivity index (χ3v) is 3.57. The highest BCUT2D eigenvalue weighted by Gasteiger charge is 2.12. The molecule has 0 radical (unpaired) electrons. The van der Waals surface area contributed by atoms with Crippen molar-refractivity contribution in [1.82, 2.24) is 9.80 Å². The van der Waals surface area contributed by atoms with Gasteiger partial charge in [-0.3, -0.25) is 9.69 Å². The van der Waals surface area contributed by atoms with Crippen molar-refractivity contribution in [2.24, 2.45) is 0 Å². The molecule has 0 aliphatic carbocycles. The Hall–Kier alpha value is -0.260. The van der Waals surface area contributed by atoms with E-state index in [1.165, 1.54) is 0 Å². The lowest BCUT2D eigenvalue weighted by Gasteiger charge is -2.32. The fourth-order valence-electron chi connectivity index (χ4n) is 1.53. The van der Waals surface area contributed by atoms with Crippen LogP contribution in [0.5, 0.6) is 0 Å². The summed E-state index contributed by atoms with van der Waals surface area (Å²) in [6.07, 6.45) is 0.285. The Morgan fingerprint density at radius 2 is 1.93 bits per heavy atom. The summed E-state index contributed by atoms with van der Waals surface area (Å²) in [4.78, 5) is 15.1. The minimum atomic E-state index is -0.693. The molecule has 0 unspecified atom stereocenters. The first-order valence-electron chi connectivity index (χ1n) is 5.39. The molecule has 15 heavy (non-hydrogen) atoms. The number of hydrogen-bond donors (Lipinski definition) is 1. The average molecular weight is 232 g/mol. The second kappa shape index (κ2) is 7.09. The standard InChI is InChI=1S/C10H20N2O2S/c1-11-3-5-12(6-4-11)7-9-15-8-2-10(13)14/h2-9H2,1H3,(H,13,14). The van der Waals surface area contributed by atoms with Gasteiger partial charge in [0.05, 0.1) is 6.42 Å². The zero-order valence-corrected chi connectivity index (χ0v) is 10.1. The van der Waals surface area contributed by atoms with Crippen molar-refractivity contribution < 1.29 is 9.90 Å². The van der Waals surface area contributed by atoms with Gasteiger partial charge in [0.2, 0.25) is 0 Å². The van der Waals surface area contributed by atoms with E-state index in [1.807, 2.05) is 0 Å². The van der Waals surface area contributed by atoms with Crippen LogP contribution in [0.2, 0.25) is 0 Å². The van der Waals surface area contributed by atoms with E-state index in [0.717, 1.165) is 44.2 Å². The summed E-state index contributed by atoms with van der Waals surface area (Å²) in [5.74, 6) is 1.10. The predicted octanol–water partition coefficient (Wildman–Crippen LogP) is 0.442. The molecular formula is C10H20N2O2S. The average Bonchev–Trinajstić information content (AvgIpc) is 2.20. The molecule has 5 heteroatoms. The van der Waals surface area contributed by atoms with E-state index < -0.39 is 5.97 Å². The van der Waals surface area contributed by atoms with E-state index in [2.05, 4.69) is 16.8 Å². The zero-order valence-electron chi connectivity index (χ0n) is 9.31. The van der Waals surface area contributed by atoms with Crippen LogP contribution in [0, 0.1) is 0 Å². The Bertz CT molecular complexity index is 194. The number of rotatable bonds is 6. The van der Waals surface area contributed by atoms with Crippen LogP contribution in [0.1, 0.15) is 6.42 Å². The maximum absolute atomic E-state index is 10.3. The molecule has 1 N–H and O–H groups in total. The topological polar surface area (TPSA) is 43.8 Å². The summed E-state index contributed by atoms with van der Waals surface area (Å²) in [7, 11) is 2.15. The highest BCUT2D eigenvalue weighted by Crippen LogP contribution is 2.05. The van der Waals surface area contributed by atoms with Gasteiger partial charge in [0.25, 0.3) is 0 Å². The molecule has 1 fully saturated rings. The molecule has 1 aliphatic rings. The van der Waals surface area contributed by atoms with Crippen molar-refractivity contribution in [2.45, 2.75) is 6.42 Å². The third-order valence-electron chi connectivity index (χ3n) is 2.61. The van der Waals surface area contributed by atoms with Crippen LogP contribution < -0.4 is 0 Å². The van der Waals surface area contributed by atoms with Crippen molar-refractivity contribution >= 4 is 17.7 Å². The smallest absolute Gasteiger partial charge is 0.304 e. The Kier molecular flexibility index (Phi) is 6.05. The minimum absolute atomic E-state index is 0.285. The van der Waals surface area contributed by atoms with E-state index in [9.17, 15) is 4.79 Å². The van der Waals surface area contributed by atoms with Gasteiger partial charge in [-0.25, -0.2) is 0 Å². The number of likely N-dealkylation sites (N-methyl/N-ethyl adjacent to an activating group) is 1. The number of piperazine rings is 1. The molecule has 0 aromatic heterocycles. The van der Waals surface area contributed by atoms with Gasteiger partial charge in [-0.1, -0.05) is 0 Å². The lowest BCUT2D eigenvalue weighted by molar-refractivity contribution is -0.136. The minimum Gasteiger partial charge on any atom is -0.481 e. The first-order chi connectivity index (χ1) is 7.18. The number of thioether (sulfide) groups is 1. The van der Waals surface area contributed by atoms with Crippen LogP contribution in [-0.4, -0.2) is 72.2 Å². The van der Waals surface area contributed by atoms with E-state index in [1.54, 1.807) is 11.8 Å². The molecule has 1 rings (SSSR count). The van der Waals surface area contributed by atoms with Crippen molar-refractivity contribution in [3.63, 3.8) is 0 Å². The molecule has 0 aromatic rings. The van der Waals surface area contributed by atoms with Crippen molar-refractivity contribution in [2.75, 3.05) is 51.3 Å². The monoisotopic (exact) mass is 232 g/mol. The van der Waals surface area contributed by atoms with E-state index >= 15 is 0 Å². The molecule has 1 heterocycles. The van der Waals surface area contributed by atoms with Gasteiger partial charge < -0.3 is 10.0 Å². The zero-order chi connectivity index (χ0) is 11.1. The first-order valence-corrected chi connectivity index (χ1v) is 6.54. The van der Waals surface area contributed by atoms with Gasteiger partial charge in [-0.2, -0.15) is 11.8 Å². The summed E-state index contributed by atoms with van der Waals surface area (Å²) in [6, 6.07) is 0. The van der Waals surface area contributed by atoms with E-state index in [4.69, 9.17) is 5.11 Å². The maximum Gasteiger partial charge on any atom is 0.304 e. The highest BCUT2D eigenvalue weighted by molar-refractivity contribution is 7.99. The van der Waals surface area contributed by atoms with Gasteiger partial charge in [-0.15, -0.1) is 0 Å². The second-order valence-electron chi connectivity index (χ2n) is 3.90. The van der Waals surface area contributed by atoms with Gasteiger partial charge >= 0.3 is 5.97 Å². The molecule has 0 saturated carbocycles. The molecule has 0 aromatic carbocycles. The van der Waals surface area contributed by atoms with Gasteiger partial charge in [-0.05, 0) is 7.05 Å². The lowest BCUT2D eigenvalue weighted by atomic mass is 10.3. The van der Waals surface area contributed by atoms with Gasteiger partial charge in [0.15, 0.2) is 0 Å². The molecule has 1 aliphatic heterocycles. The molecule has 1 saturated heterocycles. The number of hydrogen-bond acceptors (Lipinski definition) is 4. The van der Waals surface area contributed by atoms with Crippen LogP contribution in [0.3, 0.4) is 0 Å². The Balaban J connectivity index is 1.94. The summed E-state index contributed by atoms with van der Waals surface area (Å²) in [5.41, 5.74) is 0. The lowest BCUT2D eigenvalue weighted by Crippen LogP contribution is -2.45. The molecule has 4 nitrogen and oxygen atoms in total. The van der Waals surface area contributed by atoms with E-state index in [0.29, 0.717) is 0 Å². The van der Waals surface area contributed by atoms with Crippen LogP contribution in [0.4, 0.5) is 0 Å². The molecule has 0 atom stereocenters. The van der Waals surface area contributed by atoms with Crippen LogP contribution in [-0.2, 0) is 4.79 Å². The second-order valence-corrected chi connectivity index (χ2v) is 5.13. The third kappa shape index (κ3) is 6.02. The maximum atomic E-state index is 10.3. The van der Waals surface area contributed by atoms with Crippen LogP contribution in [0.15, 0.2) is 0 Å². The SMILES string of the molecule is CN1CCN(CCSCCC(=O)O)CC1. The molecule has 0 bridgehead atoms. The van der Waals surface area contributed by atoms with Crippen LogP contribution in [0.25, 0.3) is 0 Å². The molecule has 0 amide bonds. The summed E-state index contributed by atoms with van der Waals surface area (Å²) in [5, 5.41) is 8.46. The molecular weight excluding hydrogens is 212 g/mol. The normalized spacial score (nSPS) is 19.3. The van der Waals surface area contributed by atoms with Crippen LogP contribution >= 0.6 is 11.8 Å². The molecule has 0 spiro atoms. The van der Waals surface area contributed by atoms with E-state index in [-0.39, 0.29) is 6.42 Å². The highest BCUT2D eigenvalue weighted by atomic mass is 32.2. The number of carbonyl (C=O) groups is 1. The largest absolute Gasteiger partial charge is 0.481 e. The predicted molar refractivity (Wildman–Crippen MR) is 63.5 cm³/mol. The van der Waals surface area contributed by atoms with Gasteiger partial charge in [0.1, 0.15) is 0 Å².